The van der Waals surface area contributed by atoms with Gasteiger partial charge in [0.15, 0.2) is 0 Å². The molecule has 1 rings (SSSR count). The van der Waals surface area contributed by atoms with Crippen LogP contribution >= 0.6 is 11.6 Å². The van der Waals surface area contributed by atoms with Crippen LogP contribution in [0.4, 0.5) is 0 Å². The number of hydrogen-bond acceptors (Lipinski definition) is 1. The average molecular weight is 145 g/mol. The summed E-state index contributed by atoms with van der Waals surface area (Å²) in [5.74, 6) is 0.409. The van der Waals surface area contributed by atoms with Crippen LogP contribution in [0.3, 0.4) is 0 Å². The van der Waals surface area contributed by atoms with E-state index < -0.39 is 0 Å². The first-order valence-electron chi connectivity index (χ1n) is 3.09. The largest absolute Gasteiger partial charge is 0.298 e. The first kappa shape index (κ1) is 6.81. The van der Waals surface area contributed by atoms with Gasteiger partial charge in [-0.15, -0.1) is 0 Å². The lowest BCUT2D eigenvalue weighted by Gasteiger charge is -1.96. The van der Waals surface area contributed by atoms with Gasteiger partial charge in [0.05, 0.1) is 0 Å². The highest BCUT2D eigenvalue weighted by Gasteiger charge is 2.18. The van der Waals surface area contributed by atoms with Crippen molar-refractivity contribution >= 4 is 17.9 Å². The molecule has 1 unspecified atom stereocenters. The second-order valence-corrected chi connectivity index (χ2v) is 2.84. The van der Waals surface area contributed by atoms with E-state index in [1.54, 1.807) is 0 Å². The van der Waals surface area contributed by atoms with Gasteiger partial charge in [0.1, 0.15) is 6.29 Å². The number of carbonyl (C=O) groups is 1. The summed E-state index contributed by atoms with van der Waals surface area (Å²) < 4.78 is 0. The molecule has 0 aromatic rings. The Morgan fingerprint density at radius 3 is 2.67 bits per heavy atom. The summed E-state index contributed by atoms with van der Waals surface area (Å²) in [5.41, 5.74) is 0.796. The molecule has 0 heterocycles. The van der Waals surface area contributed by atoms with Crippen LogP contribution in [0, 0.1) is 5.92 Å². The van der Waals surface area contributed by atoms with Crippen molar-refractivity contribution in [1.82, 2.24) is 0 Å². The van der Waals surface area contributed by atoms with Crippen LogP contribution in [0.2, 0.25) is 0 Å². The van der Waals surface area contributed by atoms with Crippen LogP contribution in [0.15, 0.2) is 10.6 Å². The third-order valence-electron chi connectivity index (χ3n) is 1.73. The number of carbonyl (C=O) groups excluding carboxylic acids is 1. The van der Waals surface area contributed by atoms with Crippen molar-refractivity contribution in [2.75, 3.05) is 0 Å². The van der Waals surface area contributed by atoms with Gasteiger partial charge in [-0.1, -0.05) is 18.5 Å². The molecule has 9 heavy (non-hydrogen) atoms. The first-order valence-corrected chi connectivity index (χ1v) is 3.47. The lowest BCUT2D eigenvalue weighted by Crippen LogP contribution is -1.84. The Hall–Kier alpha value is -0.300. The van der Waals surface area contributed by atoms with E-state index in [0.717, 1.165) is 29.7 Å². The second-order valence-electron chi connectivity index (χ2n) is 2.43. The molecule has 0 saturated heterocycles. The fraction of sp³-hybridized carbons (Fsp3) is 0.571. The van der Waals surface area contributed by atoms with Gasteiger partial charge >= 0.3 is 0 Å². The average Bonchev–Trinajstić information content (AvgIpc) is 2.15. The van der Waals surface area contributed by atoms with E-state index in [0.29, 0.717) is 5.92 Å². The zero-order valence-electron chi connectivity index (χ0n) is 5.36. The van der Waals surface area contributed by atoms with Gasteiger partial charge in [0.25, 0.3) is 0 Å². The molecule has 50 valence electrons. The topological polar surface area (TPSA) is 17.1 Å². The van der Waals surface area contributed by atoms with Crippen LogP contribution < -0.4 is 0 Å². The highest BCUT2D eigenvalue weighted by molar-refractivity contribution is 6.31. The molecular formula is C7H9ClO. The molecule has 1 aliphatic rings. The summed E-state index contributed by atoms with van der Waals surface area (Å²) in [5, 5.41) is 0.769. The summed E-state index contributed by atoms with van der Waals surface area (Å²) >= 11 is 5.78. The van der Waals surface area contributed by atoms with E-state index in [-0.39, 0.29) is 0 Å². The molecule has 0 fully saturated rings. The maximum Gasteiger partial charge on any atom is 0.147 e. The predicted molar refractivity (Wildman–Crippen MR) is 37.3 cm³/mol. The standard InChI is InChI=1S/C7H9ClO/c1-5-2-3-6(4-9)7(5)8/h4-5H,2-3H2,1H3. The quantitative estimate of drug-likeness (QED) is 0.516. The minimum absolute atomic E-state index is 0.409. The van der Waals surface area contributed by atoms with Crippen LogP contribution in [0.25, 0.3) is 0 Å². The lowest BCUT2D eigenvalue weighted by atomic mass is 10.2. The third-order valence-corrected chi connectivity index (χ3v) is 2.34. The lowest BCUT2D eigenvalue weighted by molar-refractivity contribution is -0.105. The molecule has 0 N–H and O–H groups in total. The van der Waals surface area contributed by atoms with Crippen molar-refractivity contribution < 1.29 is 4.79 Å². The second kappa shape index (κ2) is 2.53. The molecular weight excluding hydrogens is 136 g/mol. The van der Waals surface area contributed by atoms with Gasteiger partial charge in [-0.3, -0.25) is 4.79 Å². The van der Waals surface area contributed by atoms with Gasteiger partial charge in [0.2, 0.25) is 0 Å². The van der Waals surface area contributed by atoms with Crippen LogP contribution in [-0.4, -0.2) is 6.29 Å². The zero-order chi connectivity index (χ0) is 6.85. The number of rotatable bonds is 1. The van der Waals surface area contributed by atoms with Crippen molar-refractivity contribution in [2.24, 2.45) is 5.92 Å². The van der Waals surface area contributed by atoms with E-state index in [4.69, 9.17) is 11.6 Å². The van der Waals surface area contributed by atoms with Gasteiger partial charge in [-0.05, 0) is 18.8 Å². The fourth-order valence-corrected chi connectivity index (χ4v) is 1.30. The van der Waals surface area contributed by atoms with E-state index >= 15 is 0 Å². The summed E-state index contributed by atoms with van der Waals surface area (Å²) in [6.45, 7) is 2.04. The number of hydrogen-bond donors (Lipinski definition) is 0. The molecule has 1 aliphatic carbocycles. The van der Waals surface area contributed by atoms with Crippen molar-refractivity contribution in [3.05, 3.63) is 10.6 Å². The van der Waals surface area contributed by atoms with E-state index in [9.17, 15) is 4.79 Å². The fourth-order valence-electron chi connectivity index (χ4n) is 1.05. The van der Waals surface area contributed by atoms with Gasteiger partial charge < -0.3 is 0 Å². The summed E-state index contributed by atoms with van der Waals surface area (Å²) in [6.07, 6.45) is 2.77. The van der Waals surface area contributed by atoms with E-state index in [2.05, 4.69) is 0 Å². The van der Waals surface area contributed by atoms with E-state index in [1.807, 2.05) is 6.92 Å². The SMILES string of the molecule is CC1CCC(C=O)=C1Cl. The summed E-state index contributed by atoms with van der Waals surface area (Å²) in [4.78, 5) is 10.2. The van der Waals surface area contributed by atoms with Crippen LogP contribution in [-0.2, 0) is 4.79 Å². The number of halogens is 1. The molecule has 0 aliphatic heterocycles. The van der Waals surface area contributed by atoms with Gasteiger partial charge in [-0.25, -0.2) is 0 Å². The number of aldehydes is 1. The first-order chi connectivity index (χ1) is 4.25. The molecule has 0 radical (unpaired) electrons. The molecule has 0 bridgehead atoms. The summed E-state index contributed by atoms with van der Waals surface area (Å²) in [7, 11) is 0. The number of allylic oxidation sites excluding steroid dienone is 2. The molecule has 1 atom stereocenters. The molecule has 0 amide bonds. The van der Waals surface area contributed by atoms with E-state index in [1.165, 1.54) is 0 Å². The molecule has 0 aromatic carbocycles. The van der Waals surface area contributed by atoms with Gasteiger partial charge in [0, 0.05) is 10.6 Å². The maximum absolute atomic E-state index is 10.2. The normalized spacial score (nSPS) is 27.1. The highest BCUT2D eigenvalue weighted by Crippen LogP contribution is 2.32. The molecule has 0 aromatic heterocycles. The molecule has 1 nitrogen and oxygen atoms in total. The Morgan fingerprint density at radius 1 is 1.78 bits per heavy atom. The highest BCUT2D eigenvalue weighted by atomic mass is 35.5. The van der Waals surface area contributed by atoms with Gasteiger partial charge in [-0.2, -0.15) is 0 Å². The Bertz CT molecular complexity index is 160. The van der Waals surface area contributed by atoms with Crippen LogP contribution in [0.5, 0.6) is 0 Å². The summed E-state index contributed by atoms with van der Waals surface area (Å²) in [6, 6.07) is 0. The molecule has 0 saturated carbocycles. The minimum atomic E-state index is 0.409. The Kier molecular flexibility index (Phi) is 1.91. The minimum Gasteiger partial charge on any atom is -0.298 e. The van der Waals surface area contributed by atoms with Crippen LogP contribution in [0.1, 0.15) is 19.8 Å². The van der Waals surface area contributed by atoms with Crippen molar-refractivity contribution in [3.63, 3.8) is 0 Å². The smallest absolute Gasteiger partial charge is 0.147 e. The molecule has 0 spiro atoms. The van der Waals surface area contributed by atoms with Crippen molar-refractivity contribution in [3.8, 4) is 0 Å². The molecule has 2 heteroatoms. The Balaban J connectivity index is 2.79. The predicted octanol–water partition coefficient (Wildman–Crippen LogP) is 2.11. The van der Waals surface area contributed by atoms with Crippen molar-refractivity contribution in [1.29, 1.82) is 0 Å². The Labute approximate surface area is 59.7 Å². The maximum atomic E-state index is 10.2. The zero-order valence-corrected chi connectivity index (χ0v) is 6.11. The Morgan fingerprint density at radius 2 is 2.44 bits per heavy atom. The monoisotopic (exact) mass is 144 g/mol. The van der Waals surface area contributed by atoms with Crippen molar-refractivity contribution in [2.45, 2.75) is 19.8 Å². The third kappa shape index (κ3) is 1.16.